The zero-order chi connectivity index (χ0) is 23.6. The van der Waals surface area contributed by atoms with Gasteiger partial charge in [0, 0.05) is 41.6 Å². The Kier molecular flexibility index (Phi) is 4.16. The van der Waals surface area contributed by atoms with E-state index in [9.17, 15) is 9.59 Å². The maximum atomic E-state index is 12.3. The Labute approximate surface area is 194 Å². The van der Waals surface area contributed by atoms with E-state index in [0.29, 0.717) is 29.5 Å². The van der Waals surface area contributed by atoms with Gasteiger partial charge in [0.1, 0.15) is 0 Å². The van der Waals surface area contributed by atoms with Crippen LogP contribution in [0, 0.1) is 0 Å². The first-order valence-corrected chi connectivity index (χ1v) is 11.0. The van der Waals surface area contributed by atoms with Crippen molar-refractivity contribution in [2.45, 2.75) is 25.7 Å². The van der Waals surface area contributed by atoms with Gasteiger partial charge in [-0.25, -0.2) is 9.50 Å². The van der Waals surface area contributed by atoms with Crippen LogP contribution in [0.1, 0.15) is 35.3 Å². The number of nitrogens with two attached hydrogens (primary N) is 1. The molecule has 34 heavy (non-hydrogen) atoms. The Morgan fingerprint density at radius 1 is 1.21 bits per heavy atom. The number of aromatic nitrogens is 4. The molecule has 0 aliphatic carbocycles. The van der Waals surface area contributed by atoms with Crippen LogP contribution in [0.4, 0.5) is 28.8 Å². The van der Waals surface area contributed by atoms with E-state index in [-0.39, 0.29) is 5.91 Å². The SMILES string of the molecule is CC1(C)C(=O)Nc2cc(Nc3nc4c(N5CCc6ccc(C(N)=O)cc65)nccn4n3)ccc21. The first-order valence-electron chi connectivity index (χ1n) is 11.0. The van der Waals surface area contributed by atoms with E-state index in [0.717, 1.165) is 34.6 Å². The number of fused-ring (bicyclic) bond motifs is 3. The Morgan fingerprint density at radius 3 is 2.88 bits per heavy atom. The molecule has 2 aliphatic heterocycles. The van der Waals surface area contributed by atoms with Gasteiger partial charge in [0.2, 0.25) is 23.4 Å². The molecule has 2 aromatic carbocycles. The highest BCUT2D eigenvalue weighted by Crippen LogP contribution is 2.39. The van der Waals surface area contributed by atoms with Crippen molar-refractivity contribution in [3.05, 3.63) is 65.5 Å². The molecule has 2 amide bonds. The smallest absolute Gasteiger partial charge is 0.248 e. The number of rotatable bonds is 4. The minimum absolute atomic E-state index is 0.0217. The molecule has 0 atom stereocenters. The van der Waals surface area contributed by atoms with Gasteiger partial charge in [-0.1, -0.05) is 12.1 Å². The number of carbonyl (C=O) groups excluding carboxylic acids is 2. The van der Waals surface area contributed by atoms with E-state index in [1.807, 2.05) is 43.0 Å². The molecular formula is C24H22N8O2. The largest absolute Gasteiger partial charge is 0.366 e. The van der Waals surface area contributed by atoms with Crippen molar-refractivity contribution >= 4 is 46.3 Å². The van der Waals surface area contributed by atoms with Crippen molar-refractivity contribution in [1.29, 1.82) is 0 Å². The molecule has 2 aromatic heterocycles. The molecule has 4 heterocycles. The van der Waals surface area contributed by atoms with Crippen LogP contribution in [0.25, 0.3) is 5.65 Å². The van der Waals surface area contributed by atoms with E-state index in [2.05, 4.69) is 25.7 Å². The van der Waals surface area contributed by atoms with Gasteiger partial charge in [0.25, 0.3) is 0 Å². The lowest BCUT2D eigenvalue weighted by Gasteiger charge is -2.18. The summed E-state index contributed by atoms with van der Waals surface area (Å²) in [5, 5.41) is 10.7. The second kappa shape index (κ2) is 7.01. The number of primary amides is 1. The summed E-state index contributed by atoms with van der Waals surface area (Å²) >= 11 is 0. The fourth-order valence-electron chi connectivity index (χ4n) is 4.60. The third kappa shape index (κ3) is 2.99. The second-order valence-corrected chi connectivity index (χ2v) is 9.03. The molecule has 0 bridgehead atoms. The molecule has 10 nitrogen and oxygen atoms in total. The molecule has 4 aromatic rings. The van der Waals surface area contributed by atoms with Gasteiger partial charge in [-0.3, -0.25) is 9.59 Å². The fourth-order valence-corrected chi connectivity index (χ4v) is 4.60. The Bertz CT molecular complexity index is 1510. The van der Waals surface area contributed by atoms with Gasteiger partial charge in [0.15, 0.2) is 5.82 Å². The zero-order valence-electron chi connectivity index (χ0n) is 18.7. The van der Waals surface area contributed by atoms with Crippen molar-refractivity contribution < 1.29 is 9.59 Å². The van der Waals surface area contributed by atoms with Crippen LogP contribution in [0.15, 0.2) is 48.8 Å². The molecule has 10 heteroatoms. The average Bonchev–Trinajstić information content (AvgIpc) is 3.47. The number of hydrogen-bond donors (Lipinski definition) is 3. The normalized spacial score (nSPS) is 15.8. The first-order chi connectivity index (χ1) is 16.3. The van der Waals surface area contributed by atoms with Crippen LogP contribution >= 0.6 is 0 Å². The number of nitrogens with one attached hydrogen (secondary N) is 2. The van der Waals surface area contributed by atoms with E-state index >= 15 is 0 Å². The summed E-state index contributed by atoms with van der Waals surface area (Å²) in [4.78, 5) is 35.2. The Balaban J connectivity index is 1.35. The highest BCUT2D eigenvalue weighted by Gasteiger charge is 2.38. The molecule has 0 saturated carbocycles. The lowest BCUT2D eigenvalue weighted by Crippen LogP contribution is -2.26. The first kappa shape index (κ1) is 20.2. The summed E-state index contributed by atoms with van der Waals surface area (Å²) in [5.74, 6) is 0.560. The molecule has 4 N–H and O–H groups in total. The monoisotopic (exact) mass is 454 g/mol. The van der Waals surface area contributed by atoms with Crippen molar-refractivity contribution in [2.75, 3.05) is 22.1 Å². The van der Waals surface area contributed by atoms with Gasteiger partial charge >= 0.3 is 0 Å². The number of anilines is 5. The third-order valence-electron chi connectivity index (χ3n) is 6.52. The summed E-state index contributed by atoms with van der Waals surface area (Å²) in [7, 11) is 0. The quantitative estimate of drug-likeness (QED) is 0.432. The number of amides is 2. The van der Waals surface area contributed by atoms with E-state index in [1.165, 1.54) is 0 Å². The van der Waals surface area contributed by atoms with Crippen molar-refractivity contribution in [3.8, 4) is 0 Å². The topological polar surface area (TPSA) is 131 Å². The molecular weight excluding hydrogens is 432 g/mol. The van der Waals surface area contributed by atoms with Crippen LogP contribution < -0.4 is 21.3 Å². The second-order valence-electron chi connectivity index (χ2n) is 9.03. The van der Waals surface area contributed by atoms with Crippen LogP contribution in [0.2, 0.25) is 0 Å². The maximum Gasteiger partial charge on any atom is 0.248 e. The van der Waals surface area contributed by atoms with E-state index < -0.39 is 11.3 Å². The summed E-state index contributed by atoms with van der Waals surface area (Å²) in [5.41, 5.74) is 10.5. The van der Waals surface area contributed by atoms with Crippen LogP contribution in [-0.4, -0.2) is 37.9 Å². The molecule has 0 spiro atoms. The van der Waals surface area contributed by atoms with E-state index in [1.54, 1.807) is 29.0 Å². The van der Waals surface area contributed by atoms with Crippen LogP contribution in [0.5, 0.6) is 0 Å². The van der Waals surface area contributed by atoms with Gasteiger partial charge < -0.3 is 21.3 Å². The van der Waals surface area contributed by atoms with Crippen LogP contribution in [-0.2, 0) is 16.6 Å². The molecule has 0 radical (unpaired) electrons. The predicted molar refractivity (Wildman–Crippen MR) is 128 cm³/mol. The summed E-state index contributed by atoms with van der Waals surface area (Å²) in [6.07, 6.45) is 4.23. The highest BCUT2D eigenvalue weighted by atomic mass is 16.2. The molecule has 6 rings (SSSR count). The fraction of sp³-hybridized carbons (Fsp3) is 0.208. The molecule has 0 fully saturated rings. The number of nitrogens with zero attached hydrogens (tertiary/aromatic N) is 5. The summed E-state index contributed by atoms with van der Waals surface area (Å²) in [6, 6.07) is 11.2. The zero-order valence-corrected chi connectivity index (χ0v) is 18.7. The van der Waals surface area contributed by atoms with Crippen molar-refractivity contribution in [3.63, 3.8) is 0 Å². The van der Waals surface area contributed by atoms with Crippen molar-refractivity contribution in [1.82, 2.24) is 19.6 Å². The minimum atomic E-state index is -0.559. The molecule has 0 saturated heterocycles. The number of carbonyl (C=O) groups is 2. The predicted octanol–water partition coefficient (Wildman–Crippen LogP) is 2.89. The molecule has 170 valence electrons. The number of hydrogen-bond acceptors (Lipinski definition) is 7. The Hall–Kier alpha value is -4.47. The van der Waals surface area contributed by atoms with Gasteiger partial charge in [0.05, 0.1) is 5.41 Å². The maximum absolute atomic E-state index is 12.3. The summed E-state index contributed by atoms with van der Waals surface area (Å²) < 4.78 is 1.67. The third-order valence-corrected chi connectivity index (χ3v) is 6.52. The van der Waals surface area contributed by atoms with Gasteiger partial charge in [-0.2, -0.15) is 4.98 Å². The Morgan fingerprint density at radius 2 is 2.06 bits per heavy atom. The van der Waals surface area contributed by atoms with Crippen molar-refractivity contribution in [2.24, 2.45) is 5.73 Å². The van der Waals surface area contributed by atoms with E-state index in [4.69, 9.17) is 5.73 Å². The lowest BCUT2D eigenvalue weighted by atomic mass is 9.86. The molecule has 2 aliphatic rings. The van der Waals surface area contributed by atoms with Gasteiger partial charge in [-0.05, 0) is 55.7 Å². The minimum Gasteiger partial charge on any atom is -0.366 e. The average molecular weight is 454 g/mol. The van der Waals surface area contributed by atoms with Gasteiger partial charge in [-0.15, -0.1) is 5.10 Å². The number of benzene rings is 2. The summed E-state index contributed by atoms with van der Waals surface area (Å²) in [6.45, 7) is 4.52. The van der Waals surface area contributed by atoms with Crippen LogP contribution in [0.3, 0.4) is 0 Å². The lowest BCUT2D eigenvalue weighted by molar-refractivity contribution is -0.119. The highest BCUT2D eigenvalue weighted by molar-refractivity contribution is 6.06. The standard InChI is InChI=1S/C24H22N8O2/c1-24(2)16-6-5-15(12-17(16)28-22(24)34)27-23-29-21-20(26-8-10-32(21)30-23)31-9-7-13-3-4-14(19(25)33)11-18(13)31/h3-6,8,10-12H,7,9H2,1-2H3,(H2,25,33)(H,27,30)(H,28,34). The molecule has 0 unspecified atom stereocenters.